The molecule has 0 bridgehead atoms. The van der Waals surface area contributed by atoms with Crippen molar-refractivity contribution >= 4 is 33.0 Å². The van der Waals surface area contributed by atoms with E-state index in [0.29, 0.717) is 24.5 Å². The fourth-order valence-electron chi connectivity index (χ4n) is 6.06. The number of fused-ring (bicyclic) bond motifs is 5. The minimum Gasteiger partial charge on any atom is -0.465 e. The number of sulfonamides is 1. The zero-order valence-electron chi connectivity index (χ0n) is 21.0. The Balaban J connectivity index is 1.62. The zero-order valence-corrected chi connectivity index (χ0v) is 22.6. The number of aryl methyl sites for hydroxylation is 2. The van der Waals surface area contributed by atoms with E-state index in [9.17, 15) is 13.2 Å². The summed E-state index contributed by atoms with van der Waals surface area (Å²) in [6.07, 6.45) is 6.86. The van der Waals surface area contributed by atoms with Crippen LogP contribution < -0.4 is 4.31 Å². The minimum absolute atomic E-state index is 0.0640. The lowest BCUT2D eigenvalue weighted by Crippen LogP contribution is -2.43. The molecule has 1 saturated heterocycles. The van der Waals surface area contributed by atoms with Crippen LogP contribution in [0.3, 0.4) is 0 Å². The molecule has 1 aromatic heterocycles. The first kappa shape index (κ1) is 24.8. The van der Waals surface area contributed by atoms with Crippen molar-refractivity contribution in [3.8, 4) is 0 Å². The molecule has 2 aliphatic heterocycles. The van der Waals surface area contributed by atoms with Crippen molar-refractivity contribution in [2.45, 2.75) is 82.7 Å². The summed E-state index contributed by atoms with van der Waals surface area (Å²) in [5, 5.41) is 0. The highest BCUT2D eigenvalue weighted by atomic mass is 32.2. The number of ether oxygens (including phenoxy) is 1. The van der Waals surface area contributed by atoms with Crippen molar-refractivity contribution in [3.05, 3.63) is 45.1 Å². The lowest BCUT2D eigenvalue weighted by molar-refractivity contribution is -0.149. The lowest BCUT2D eigenvalue weighted by Gasteiger charge is -2.39. The molecule has 8 heteroatoms. The van der Waals surface area contributed by atoms with E-state index in [1.165, 1.54) is 10.4 Å². The number of benzene rings is 1. The maximum atomic E-state index is 14.0. The second-order valence-corrected chi connectivity index (χ2v) is 13.1. The van der Waals surface area contributed by atoms with E-state index in [1.807, 2.05) is 26.0 Å². The number of nitrogens with zero attached hydrogens (tertiary/aromatic N) is 2. The van der Waals surface area contributed by atoms with Crippen molar-refractivity contribution in [2.75, 3.05) is 24.0 Å². The fourth-order valence-corrected chi connectivity index (χ4v) is 9.31. The van der Waals surface area contributed by atoms with Gasteiger partial charge in [0.25, 0.3) is 10.0 Å². The van der Waals surface area contributed by atoms with Crippen LogP contribution in [0.25, 0.3) is 0 Å². The van der Waals surface area contributed by atoms with Gasteiger partial charge < -0.3 is 4.74 Å². The van der Waals surface area contributed by atoms with Gasteiger partial charge in [-0.05, 0) is 76.6 Å². The highest BCUT2D eigenvalue weighted by Gasteiger charge is 2.52. The summed E-state index contributed by atoms with van der Waals surface area (Å²) in [4.78, 5) is 18.2. The molecular weight excluding hydrogens is 480 g/mol. The molecule has 3 atom stereocenters. The van der Waals surface area contributed by atoms with Gasteiger partial charge in [0, 0.05) is 22.2 Å². The summed E-state index contributed by atoms with van der Waals surface area (Å²) in [5.74, 6) is -0.108. The number of hydrogen-bond acceptors (Lipinski definition) is 6. The summed E-state index contributed by atoms with van der Waals surface area (Å²) < 4.78 is 35.2. The molecule has 0 radical (unpaired) electrons. The Labute approximate surface area is 213 Å². The van der Waals surface area contributed by atoms with E-state index in [2.05, 4.69) is 11.8 Å². The summed E-state index contributed by atoms with van der Waals surface area (Å²) in [6.45, 7) is 7.58. The lowest BCUT2D eigenvalue weighted by atomic mass is 9.90. The van der Waals surface area contributed by atoms with Gasteiger partial charge in [0.05, 0.1) is 23.2 Å². The number of hydrogen-bond donors (Lipinski definition) is 0. The van der Waals surface area contributed by atoms with Crippen LogP contribution in [0.4, 0.5) is 5.69 Å². The molecule has 6 nitrogen and oxygen atoms in total. The Morgan fingerprint density at radius 3 is 2.60 bits per heavy atom. The Kier molecular flexibility index (Phi) is 6.98. The second-order valence-electron chi connectivity index (χ2n) is 10.1. The maximum Gasteiger partial charge on any atom is 0.323 e. The molecule has 3 heterocycles. The van der Waals surface area contributed by atoms with E-state index in [4.69, 9.17) is 4.74 Å². The van der Waals surface area contributed by atoms with Gasteiger partial charge in [-0.2, -0.15) is 0 Å². The average Bonchev–Trinajstić information content (AvgIpc) is 3.41. The van der Waals surface area contributed by atoms with E-state index >= 15 is 0 Å². The fraction of sp³-hybridized carbons (Fsp3) is 0.593. The summed E-state index contributed by atoms with van der Waals surface area (Å²) in [7, 11) is -3.71. The van der Waals surface area contributed by atoms with Gasteiger partial charge in [0.2, 0.25) is 0 Å². The van der Waals surface area contributed by atoms with E-state index in [1.54, 1.807) is 27.8 Å². The third-order valence-corrected chi connectivity index (χ3v) is 10.9. The van der Waals surface area contributed by atoms with Crippen molar-refractivity contribution in [3.63, 3.8) is 0 Å². The van der Waals surface area contributed by atoms with Crippen LogP contribution in [-0.4, -0.2) is 45.0 Å². The number of carbonyl (C=O) groups excluding carboxylic acids is 1. The van der Waals surface area contributed by atoms with Crippen molar-refractivity contribution in [1.29, 1.82) is 0 Å². The van der Waals surface area contributed by atoms with Gasteiger partial charge in [-0.25, -0.2) is 8.42 Å². The predicted molar refractivity (Wildman–Crippen MR) is 140 cm³/mol. The molecule has 0 N–H and O–H groups in total. The monoisotopic (exact) mass is 516 g/mol. The van der Waals surface area contributed by atoms with Gasteiger partial charge in [-0.15, -0.1) is 11.3 Å². The van der Waals surface area contributed by atoms with Crippen molar-refractivity contribution in [2.24, 2.45) is 5.92 Å². The standard InChI is InChI=1S/C27H36N2O4S2/c1-4-6-15-28-22(27(30)33-5-2)16-19-17-29(35(31,32)20-13-11-18(3)12-14-20)25-21-9-7-8-10-23(21)34-26(25)24(19)28/h11-14,19,22,24H,4-10,15-17H2,1-3H3/t19-,22-,24-/m0/s1. The molecule has 0 unspecified atom stereocenters. The number of thiophene rings is 1. The Morgan fingerprint density at radius 2 is 1.89 bits per heavy atom. The second kappa shape index (κ2) is 9.87. The largest absolute Gasteiger partial charge is 0.465 e. The van der Waals surface area contributed by atoms with Crippen LogP contribution in [0.5, 0.6) is 0 Å². The molecule has 0 saturated carbocycles. The first-order valence-electron chi connectivity index (χ1n) is 13.0. The zero-order chi connectivity index (χ0) is 24.7. The van der Waals surface area contributed by atoms with Crippen LogP contribution in [0.1, 0.15) is 72.9 Å². The van der Waals surface area contributed by atoms with Crippen LogP contribution in [0.2, 0.25) is 0 Å². The Morgan fingerprint density at radius 1 is 1.14 bits per heavy atom. The predicted octanol–water partition coefficient (Wildman–Crippen LogP) is 5.24. The molecule has 1 fully saturated rings. The molecular formula is C27H36N2O4S2. The number of likely N-dealkylation sites (tertiary alicyclic amines) is 1. The van der Waals surface area contributed by atoms with Crippen LogP contribution in [0.15, 0.2) is 29.2 Å². The molecule has 35 heavy (non-hydrogen) atoms. The van der Waals surface area contributed by atoms with Crippen molar-refractivity contribution < 1.29 is 17.9 Å². The quantitative estimate of drug-likeness (QED) is 0.471. The van der Waals surface area contributed by atoms with Gasteiger partial charge >= 0.3 is 5.97 Å². The smallest absolute Gasteiger partial charge is 0.323 e. The molecule has 0 amide bonds. The van der Waals surface area contributed by atoms with Crippen LogP contribution in [0, 0.1) is 12.8 Å². The minimum atomic E-state index is -3.71. The summed E-state index contributed by atoms with van der Waals surface area (Å²) >= 11 is 1.80. The molecule has 1 aliphatic carbocycles. The number of anilines is 1. The summed E-state index contributed by atoms with van der Waals surface area (Å²) in [6, 6.07) is 6.93. The molecule has 5 rings (SSSR count). The third-order valence-electron chi connectivity index (χ3n) is 7.76. The number of esters is 1. The van der Waals surface area contributed by atoms with Gasteiger partial charge in [-0.1, -0.05) is 31.0 Å². The maximum absolute atomic E-state index is 14.0. The van der Waals surface area contributed by atoms with E-state index in [-0.39, 0.29) is 24.0 Å². The number of unbranched alkanes of at least 4 members (excludes halogenated alkanes) is 1. The molecule has 0 spiro atoms. The Hall–Kier alpha value is -1.90. The Bertz CT molecular complexity index is 1190. The summed E-state index contributed by atoms with van der Waals surface area (Å²) in [5.41, 5.74) is 3.17. The van der Waals surface area contributed by atoms with E-state index < -0.39 is 10.0 Å². The van der Waals surface area contributed by atoms with Crippen LogP contribution in [-0.2, 0) is 32.4 Å². The average molecular weight is 517 g/mol. The van der Waals surface area contributed by atoms with Gasteiger partial charge in [0.15, 0.2) is 0 Å². The van der Waals surface area contributed by atoms with Gasteiger partial charge in [-0.3, -0.25) is 14.0 Å². The van der Waals surface area contributed by atoms with Crippen LogP contribution >= 0.6 is 11.3 Å². The molecule has 3 aliphatic rings. The highest BCUT2D eigenvalue weighted by molar-refractivity contribution is 7.92. The van der Waals surface area contributed by atoms with Crippen molar-refractivity contribution in [1.82, 2.24) is 4.90 Å². The normalized spacial score (nSPS) is 24.1. The molecule has 2 aromatic rings. The highest BCUT2D eigenvalue weighted by Crippen LogP contribution is 2.55. The first-order chi connectivity index (χ1) is 16.9. The van der Waals surface area contributed by atoms with Gasteiger partial charge in [0.1, 0.15) is 6.04 Å². The topological polar surface area (TPSA) is 66.9 Å². The number of rotatable bonds is 7. The number of carbonyl (C=O) groups is 1. The van der Waals surface area contributed by atoms with E-state index in [0.717, 1.165) is 61.2 Å². The molecule has 1 aromatic carbocycles. The first-order valence-corrected chi connectivity index (χ1v) is 15.3. The molecule has 190 valence electrons. The third kappa shape index (κ3) is 4.31. The SMILES string of the molecule is CCCCN1[C@@H]2c3sc4c(c3N(S(=O)(=O)c3ccc(C)cc3)C[C@@H]2C[C@H]1C(=O)OCC)CCCC4.